The zero-order valence-electron chi connectivity index (χ0n) is 12.7. The van der Waals surface area contributed by atoms with E-state index in [0.29, 0.717) is 23.9 Å². The topological polar surface area (TPSA) is 32.3 Å². The molecule has 18 heavy (non-hydrogen) atoms. The molecule has 106 valence electrons. The fourth-order valence-electron chi connectivity index (χ4n) is 2.87. The smallest absolute Gasteiger partial charge is 0.317 e. The molecule has 0 spiro atoms. The van der Waals surface area contributed by atoms with Crippen LogP contribution in [0.4, 0.5) is 4.79 Å². The van der Waals surface area contributed by atoms with Gasteiger partial charge in [-0.3, -0.25) is 0 Å². The van der Waals surface area contributed by atoms with Gasteiger partial charge in [-0.2, -0.15) is 0 Å². The molecule has 3 unspecified atom stereocenters. The molecule has 1 saturated carbocycles. The van der Waals surface area contributed by atoms with E-state index in [2.05, 4.69) is 33.0 Å². The third-order valence-electron chi connectivity index (χ3n) is 4.56. The lowest BCUT2D eigenvalue weighted by Crippen LogP contribution is -2.50. The Kier molecular flexibility index (Phi) is 5.97. The molecule has 0 aromatic heterocycles. The van der Waals surface area contributed by atoms with E-state index < -0.39 is 0 Å². The van der Waals surface area contributed by atoms with Crippen molar-refractivity contribution in [1.29, 1.82) is 0 Å². The minimum atomic E-state index is 0.0990. The van der Waals surface area contributed by atoms with Crippen LogP contribution in [-0.4, -0.2) is 30.1 Å². The van der Waals surface area contributed by atoms with Crippen molar-refractivity contribution >= 4 is 6.03 Å². The van der Waals surface area contributed by atoms with Crippen molar-refractivity contribution in [3.05, 3.63) is 0 Å². The molecule has 3 nitrogen and oxygen atoms in total. The first kappa shape index (κ1) is 15.3. The van der Waals surface area contributed by atoms with Gasteiger partial charge in [-0.05, 0) is 38.0 Å². The molecular formula is C15H30N2O. The number of nitrogens with zero attached hydrogens (tertiary/aromatic N) is 1. The summed E-state index contributed by atoms with van der Waals surface area (Å²) in [5.74, 6) is 1.30. The van der Waals surface area contributed by atoms with Gasteiger partial charge in [0, 0.05) is 19.1 Å². The van der Waals surface area contributed by atoms with Crippen molar-refractivity contribution in [1.82, 2.24) is 10.2 Å². The summed E-state index contributed by atoms with van der Waals surface area (Å²) in [6.45, 7) is 8.76. The van der Waals surface area contributed by atoms with E-state index in [1.807, 2.05) is 11.9 Å². The minimum Gasteiger partial charge on any atom is -0.335 e. The number of amides is 2. The second-order valence-electron chi connectivity index (χ2n) is 6.12. The molecule has 0 saturated heterocycles. The lowest BCUT2D eigenvalue weighted by Gasteiger charge is -2.36. The maximum Gasteiger partial charge on any atom is 0.317 e. The summed E-state index contributed by atoms with van der Waals surface area (Å²) < 4.78 is 0. The van der Waals surface area contributed by atoms with Crippen LogP contribution < -0.4 is 5.32 Å². The van der Waals surface area contributed by atoms with Crippen LogP contribution in [0.2, 0.25) is 0 Å². The first-order valence-electron chi connectivity index (χ1n) is 7.50. The summed E-state index contributed by atoms with van der Waals surface area (Å²) >= 11 is 0. The molecule has 3 atom stereocenters. The molecule has 1 aliphatic rings. The maximum atomic E-state index is 12.2. The van der Waals surface area contributed by atoms with Crippen molar-refractivity contribution in [2.24, 2.45) is 11.8 Å². The molecular weight excluding hydrogens is 224 g/mol. The fraction of sp³-hybridized carbons (Fsp3) is 0.933. The summed E-state index contributed by atoms with van der Waals surface area (Å²) in [6, 6.07) is 0.783. The van der Waals surface area contributed by atoms with Crippen molar-refractivity contribution in [3.8, 4) is 0 Å². The molecule has 1 rings (SSSR count). The quantitative estimate of drug-likeness (QED) is 0.816. The number of hydrogen-bond donors (Lipinski definition) is 1. The summed E-state index contributed by atoms with van der Waals surface area (Å²) in [7, 11) is 1.90. The third kappa shape index (κ3) is 3.89. The Morgan fingerprint density at radius 2 is 1.89 bits per heavy atom. The molecule has 0 aromatic rings. The second-order valence-corrected chi connectivity index (χ2v) is 6.12. The van der Waals surface area contributed by atoms with E-state index in [0.717, 1.165) is 12.8 Å². The van der Waals surface area contributed by atoms with Crippen LogP contribution >= 0.6 is 0 Å². The zero-order chi connectivity index (χ0) is 13.7. The van der Waals surface area contributed by atoms with Crippen LogP contribution in [0.5, 0.6) is 0 Å². The molecule has 0 radical (unpaired) electrons. The van der Waals surface area contributed by atoms with E-state index in [9.17, 15) is 4.79 Å². The van der Waals surface area contributed by atoms with Gasteiger partial charge in [0.05, 0.1) is 0 Å². The third-order valence-corrected chi connectivity index (χ3v) is 4.56. The van der Waals surface area contributed by atoms with Gasteiger partial charge in [0.1, 0.15) is 0 Å². The molecule has 2 amide bonds. The summed E-state index contributed by atoms with van der Waals surface area (Å²) in [6.07, 6.45) is 5.97. The summed E-state index contributed by atoms with van der Waals surface area (Å²) in [5, 5.41) is 3.25. The highest BCUT2D eigenvalue weighted by atomic mass is 16.2. The molecule has 1 fully saturated rings. The molecule has 1 N–H and O–H groups in total. The maximum absolute atomic E-state index is 12.2. The van der Waals surface area contributed by atoms with Crippen LogP contribution in [0.3, 0.4) is 0 Å². The molecule has 1 aliphatic carbocycles. The summed E-state index contributed by atoms with van der Waals surface area (Å²) in [5.41, 5.74) is 0. The Labute approximate surface area is 112 Å². The summed E-state index contributed by atoms with van der Waals surface area (Å²) in [4.78, 5) is 14.0. The Hall–Kier alpha value is -0.730. The van der Waals surface area contributed by atoms with Crippen molar-refractivity contribution in [3.63, 3.8) is 0 Å². The van der Waals surface area contributed by atoms with E-state index in [1.54, 1.807) is 0 Å². The molecule has 0 aliphatic heterocycles. The van der Waals surface area contributed by atoms with E-state index in [4.69, 9.17) is 0 Å². The number of hydrogen-bond acceptors (Lipinski definition) is 1. The number of nitrogens with one attached hydrogen (secondary N) is 1. The molecule has 0 heterocycles. The number of carbonyl (C=O) groups excluding carboxylic acids is 1. The first-order chi connectivity index (χ1) is 8.47. The van der Waals surface area contributed by atoms with Gasteiger partial charge in [0.15, 0.2) is 0 Å². The highest BCUT2D eigenvalue weighted by Crippen LogP contribution is 2.30. The van der Waals surface area contributed by atoms with Crippen LogP contribution in [-0.2, 0) is 0 Å². The highest BCUT2D eigenvalue weighted by molar-refractivity contribution is 5.74. The fourth-order valence-corrected chi connectivity index (χ4v) is 2.87. The second kappa shape index (κ2) is 7.01. The number of rotatable bonds is 4. The molecule has 0 bridgehead atoms. The monoisotopic (exact) mass is 254 g/mol. The van der Waals surface area contributed by atoms with Crippen molar-refractivity contribution in [2.75, 3.05) is 7.05 Å². The van der Waals surface area contributed by atoms with Gasteiger partial charge in [-0.15, -0.1) is 0 Å². The van der Waals surface area contributed by atoms with Gasteiger partial charge in [-0.25, -0.2) is 4.79 Å². The largest absolute Gasteiger partial charge is 0.335 e. The van der Waals surface area contributed by atoms with Crippen LogP contribution in [0, 0.1) is 11.8 Å². The van der Waals surface area contributed by atoms with Gasteiger partial charge in [-0.1, -0.05) is 33.6 Å². The Bertz CT molecular complexity index is 265. The standard InChI is InChI=1S/C15H30N2O/c1-6-12(4)17(5)15(18)16-14-10-8-7-9-13(14)11(2)3/h11-14H,6-10H2,1-5H3,(H,16,18). The lowest BCUT2D eigenvalue weighted by molar-refractivity contribution is 0.164. The SMILES string of the molecule is CCC(C)N(C)C(=O)NC1CCCCC1C(C)C. The average molecular weight is 254 g/mol. The molecule has 3 heteroatoms. The van der Waals surface area contributed by atoms with Gasteiger partial charge < -0.3 is 10.2 Å². The Balaban J connectivity index is 2.56. The van der Waals surface area contributed by atoms with Crippen molar-refractivity contribution in [2.45, 2.75) is 71.9 Å². The van der Waals surface area contributed by atoms with Crippen LogP contribution in [0.15, 0.2) is 0 Å². The van der Waals surface area contributed by atoms with Gasteiger partial charge in [0.25, 0.3) is 0 Å². The predicted molar refractivity (Wildman–Crippen MR) is 76.6 cm³/mol. The zero-order valence-corrected chi connectivity index (χ0v) is 12.7. The van der Waals surface area contributed by atoms with E-state index >= 15 is 0 Å². The highest BCUT2D eigenvalue weighted by Gasteiger charge is 2.29. The van der Waals surface area contributed by atoms with Crippen LogP contribution in [0.25, 0.3) is 0 Å². The predicted octanol–water partition coefficient (Wildman–Crippen LogP) is 3.64. The minimum absolute atomic E-state index is 0.0990. The van der Waals surface area contributed by atoms with Crippen LogP contribution in [0.1, 0.15) is 59.8 Å². The van der Waals surface area contributed by atoms with E-state index in [-0.39, 0.29) is 6.03 Å². The Morgan fingerprint density at radius 3 is 2.44 bits per heavy atom. The Morgan fingerprint density at radius 1 is 1.28 bits per heavy atom. The average Bonchev–Trinajstić information content (AvgIpc) is 2.37. The number of urea groups is 1. The van der Waals surface area contributed by atoms with E-state index in [1.165, 1.54) is 19.3 Å². The number of carbonyl (C=O) groups is 1. The normalized spacial score (nSPS) is 25.9. The molecule has 0 aromatic carbocycles. The van der Waals surface area contributed by atoms with Crippen molar-refractivity contribution < 1.29 is 4.79 Å². The van der Waals surface area contributed by atoms with Gasteiger partial charge >= 0.3 is 6.03 Å². The van der Waals surface area contributed by atoms with Gasteiger partial charge in [0.2, 0.25) is 0 Å². The first-order valence-corrected chi connectivity index (χ1v) is 7.50. The lowest BCUT2D eigenvalue weighted by atomic mass is 9.78.